The molecule has 5 nitrogen and oxygen atoms in total. The van der Waals surface area contributed by atoms with Crippen LogP contribution in [0.25, 0.3) is 0 Å². The molecule has 1 atom stereocenters. The van der Waals surface area contributed by atoms with E-state index in [-0.39, 0.29) is 12.2 Å². The normalized spacial score (nSPS) is 11.8. The van der Waals surface area contributed by atoms with Crippen LogP contribution in [0, 0.1) is 0 Å². The molecule has 0 fully saturated rings. The third kappa shape index (κ3) is 6.81. The number of hydrogen-bond donors (Lipinski definition) is 1. The van der Waals surface area contributed by atoms with Crippen LogP contribution in [0.1, 0.15) is 12.8 Å². The van der Waals surface area contributed by atoms with Gasteiger partial charge in [-0.25, -0.2) is 0 Å². The predicted octanol–water partition coefficient (Wildman–Crippen LogP) is 1.69. The lowest BCUT2D eigenvalue weighted by molar-refractivity contribution is -0.136. The number of hydrogen-bond acceptors (Lipinski definition) is 4. The van der Waals surface area contributed by atoms with Crippen molar-refractivity contribution < 1.29 is 23.6 Å². The molecule has 0 heterocycles. The van der Waals surface area contributed by atoms with Gasteiger partial charge in [-0.2, -0.15) is 0 Å². The van der Waals surface area contributed by atoms with E-state index in [2.05, 4.69) is 0 Å². The largest absolute Gasteiger partial charge is 0.497 e. The fourth-order valence-electron chi connectivity index (χ4n) is 1.39. The van der Waals surface area contributed by atoms with Crippen LogP contribution in [0.3, 0.4) is 0 Å². The van der Waals surface area contributed by atoms with Crippen LogP contribution < -0.4 is 9.47 Å². The summed E-state index contributed by atoms with van der Waals surface area (Å²) in [6.07, 6.45) is 0.588. The van der Waals surface area contributed by atoms with Gasteiger partial charge in [0.15, 0.2) is 0 Å². The van der Waals surface area contributed by atoms with Gasteiger partial charge >= 0.3 is 5.97 Å². The Kier molecular flexibility index (Phi) is 6.95. The quantitative estimate of drug-likeness (QED) is 0.699. The second-order valence-corrected chi connectivity index (χ2v) is 5.57. The molecule has 1 aromatic rings. The summed E-state index contributed by atoms with van der Waals surface area (Å²) in [4.78, 5) is 10.3. The second-order valence-electron chi connectivity index (χ2n) is 3.87. The van der Waals surface area contributed by atoms with Crippen molar-refractivity contribution in [1.82, 2.24) is 0 Å². The van der Waals surface area contributed by atoms with Gasteiger partial charge in [0.05, 0.1) is 20.1 Å². The number of benzene rings is 1. The minimum absolute atomic E-state index is 0.0497. The Morgan fingerprint density at radius 2 is 1.84 bits per heavy atom. The van der Waals surface area contributed by atoms with E-state index in [0.29, 0.717) is 18.8 Å². The number of carboxylic acid groups (broad SMARTS) is 1. The number of carbonyl (C=O) groups is 1. The van der Waals surface area contributed by atoms with Crippen LogP contribution in [0.5, 0.6) is 11.5 Å². The first-order chi connectivity index (χ1) is 9.11. The van der Waals surface area contributed by atoms with Gasteiger partial charge in [0.25, 0.3) is 0 Å². The first-order valence-corrected chi connectivity index (χ1v) is 7.44. The molecule has 0 spiro atoms. The van der Waals surface area contributed by atoms with Crippen LogP contribution >= 0.6 is 0 Å². The van der Waals surface area contributed by atoms with Crippen molar-refractivity contribution in [2.75, 3.05) is 25.2 Å². The average molecular weight is 286 g/mol. The lowest BCUT2D eigenvalue weighted by atomic mass is 10.3. The smallest absolute Gasteiger partial charge is 0.304 e. The maximum atomic E-state index is 11.4. The van der Waals surface area contributed by atoms with E-state index in [1.165, 1.54) is 0 Å². The van der Waals surface area contributed by atoms with Gasteiger partial charge in [0.1, 0.15) is 11.5 Å². The Labute approximate surface area is 115 Å². The number of methoxy groups -OCH3 is 1. The number of carboxylic acids is 1. The third-order valence-corrected chi connectivity index (χ3v) is 3.79. The molecule has 0 aromatic heterocycles. The number of rotatable bonds is 9. The van der Waals surface area contributed by atoms with Crippen molar-refractivity contribution in [3.8, 4) is 11.5 Å². The van der Waals surface area contributed by atoms with Crippen molar-refractivity contribution in [3.63, 3.8) is 0 Å². The molecule has 0 saturated heterocycles. The standard InChI is InChI=1S/C13H18O5S/c1-17-11-3-5-12(6-4-11)18-8-2-9-19(16)10-7-13(14)15/h3-6H,2,7-10H2,1H3,(H,14,15). The van der Waals surface area contributed by atoms with E-state index >= 15 is 0 Å². The Bertz CT molecular complexity index is 416. The van der Waals surface area contributed by atoms with E-state index in [9.17, 15) is 9.00 Å². The molecule has 0 radical (unpaired) electrons. The van der Waals surface area contributed by atoms with E-state index < -0.39 is 16.8 Å². The van der Waals surface area contributed by atoms with Crippen LogP contribution in [0.2, 0.25) is 0 Å². The fraction of sp³-hybridized carbons (Fsp3) is 0.462. The van der Waals surface area contributed by atoms with Crippen LogP contribution in [0.15, 0.2) is 24.3 Å². The first kappa shape index (κ1) is 15.5. The van der Waals surface area contributed by atoms with Crippen molar-refractivity contribution >= 4 is 16.8 Å². The predicted molar refractivity (Wildman–Crippen MR) is 73.2 cm³/mol. The van der Waals surface area contributed by atoms with Gasteiger partial charge in [-0.15, -0.1) is 0 Å². The Morgan fingerprint density at radius 1 is 1.21 bits per heavy atom. The molecule has 0 bridgehead atoms. The lowest BCUT2D eigenvalue weighted by Gasteiger charge is -2.06. The highest BCUT2D eigenvalue weighted by Crippen LogP contribution is 2.16. The van der Waals surface area contributed by atoms with Gasteiger partial charge in [-0.3, -0.25) is 9.00 Å². The lowest BCUT2D eigenvalue weighted by Crippen LogP contribution is -2.10. The van der Waals surface area contributed by atoms with E-state index in [0.717, 1.165) is 11.5 Å². The Balaban J connectivity index is 2.16. The van der Waals surface area contributed by atoms with Crippen molar-refractivity contribution in [2.45, 2.75) is 12.8 Å². The summed E-state index contributed by atoms with van der Waals surface area (Å²) in [7, 11) is 0.515. The molecule has 106 valence electrons. The molecule has 1 unspecified atom stereocenters. The highest BCUT2D eigenvalue weighted by molar-refractivity contribution is 7.84. The Morgan fingerprint density at radius 3 is 2.42 bits per heavy atom. The number of ether oxygens (including phenoxy) is 2. The zero-order valence-corrected chi connectivity index (χ0v) is 11.6. The molecular weight excluding hydrogens is 268 g/mol. The molecule has 1 N–H and O–H groups in total. The maximum absolute atomic E-state index is 11.4. The summed E-state index contributed by atoms with van der Waals surface area (Å²) in [5.74, 6) is 1.25. The summed E-state index contributed by atoms with van der Waals surface area (Å²) < 4.78 is 21.9. The van der Waals surface area contributed by atoms with E-state index in [4.69, 9.17) is 14.6 Å². The highest BCUT2D eigenvalue weighted by atomic mass is 32.2. The zero-order chi connectivity index (χ0) is 14.1. The summed E-state index contributed by atoms with van der Waals surface area (Å²) in [6.45, 7) is 0.463. The maximum Gasteiger partial charge on any atom is 0.304 e. The molecule has 0 saturated carbocycles. The zero-order valence-electron chi connectivity index (χ0n) is 10.8. The SMILES string of the molecule is COc1ccc(OCCCS(=O)CCC(=O)O)cc1. The van der Waals surface area contributed by atoms with Gasteiger partial charge in [0, 0.05) is 22.3 Å². The third-order valence-electron chi connectivity index (χ3n) is 2.39. The second kappa shape index (κ2) is 8.53. The molecule has 19 heavy (non-hydrogen) atoms. The minimum atomic E-state index is -1.08. The number of aliphatic carboxylic acids is 1. The molecule has 0 aliphatic heterocycles. The van der Waals surface area contributed by atoms with Gasteiger partial charge < -0.3 is 14.6 Å². The van der Waals surface area contributed by atoms with E-state index in [1.54, 1.807) is 31.4 Å². The monoisotopic (exact) mass is 286 g/mol. The summed E-state index contributed by atoms with van der Waals surface area (Å²) >= 11 is 0. The minimum Gasteiger partial charge on any atom is -0.497 e. The summed E-state index contributed by atoms with van der Waals surface area (Å²) in [6, 6.07) is 7.22. The molecule has 6 heteroatoms. The van der Waals surface area contributed by atoms with Crippen molar-refractivity contribution in [3.05, 3.63) is 24.3 Å². The van der Waals surface area contributed by atoms with Crippen molar-refractivity contribution in [1.29, 1.82) is 0 Å². The molecule has 1 aromatic carbocycles. The Hall–Kier alpha value is -1.56. The molecule has 0 amide bonds. The highest BCUT2D eigenvalue weighted by Gasteiger charge is 2.04. The molecule has 0 aliphatic carbocycles. The molecule has 0 aliphatic rings. The topological polar surface area (TPSA) is 72.8 Å². The van der Waals surface area contributed by atoms with Crippen LogP contribution in [-0.4, -0.2) is 40.5 Å². The van der Waals surface area contributed by atoms with Gasteiger partial charge in [-0.1, -0.05) is 0 Å². The van der Waals surface area contributed by atoms with E-state index in [1.807, 2.05) is 0 Å². The first-order valence-electron chi connectivity index (χ1n) is 5.95. The average Bonchev–Trinajstić information content (AvgIpc) is 2.42. The van der Waals surface area contributed by atoms with Crippen molar-refractivity contribution in [2.24, 2.45) is 0 Å². The van der Waals surface area contributed by atoms with Gasteiger partial charge in [-0.05, 0) is 30.7 Å². The summed E-state index contributed by atoms with van der Waals surface area (Å²) in [5, 5.41) is 8.46. The summed E-state index contributed by atoms with van der Waals surface area (Å²) in [5.41, 5.74) is 0. The van der Waals surface area contributed by atoms with Crippen LogP contribution in [-0.2, 0) is 15.6 Å². The molecule has 1 rings (SSSR count). The van der Waals surface area contributed by atoms with Gasteiger partial charge in [0.2, 0.25) is 0 Å². The van der Waals surface area contributed by atoms with Crippen LogP contribution in [0.4, 0.5) is 0 Å². The fourth-order valence-corrected chi connectivity index (χ4v) is 2.43. The molecular formula is C13H18O5S.